The maximum Gasteiger partial charge on any atom is 0.178 e. The third-order valence-electron chi connectivity index (χ3n) is 7.71. The Hall–Kier alpha value is -3.60. The highest BCUT2D eigenvalue weighted by Crippen LogP contribution is 2.50. The third-order valence-corrected chi connectivity index (χ3v) is 8.63. The summed E-state index contributed by atoms with van der Waals surface area (Å²) in [5.74, 6) is -0.803. The van der Waals surface area contributed by atoms with Crippen LogP contribution in [0.5, 0.6) is 0 Å². The summed E-state index contributed by atoms with van der Waals surface area (Å²) in [7, 11) is -3.16. The molecule has 204 valence electrons. The SMILES string of the molecule is CC(C)[C@]1(c2ccnc(-c3cncn3CCS(C)(=O)=O)n2)CC[C@H](C)c2cc(-c3c(F)cccc3F)nnc21. The summed E-state index contributed by atoms with van der Waals surface area (Å²) < 4.78 is 54.3. The molecule has 11 heteroatoms. The largest absolute Gasteiger partial charge is 0.327 e. The lowest BCUT2D eigenvalue weighted by atomic mass is 9.62. The van der Waals surface area contributed by atoms with Gasteiger partial charge < -0.3 is 4.57 Å². The van der Waals surface area contributed by atoms with Crippen molar-refractivity contribution in [3.63, 3.8) is 0 Å². The molecule has 0 fully saturated rings. The van der Waals surface area contributed by atoms with Gasteiger partial charge in [-0.3, -0.25) is 0 Å². The molecule has 0 amide bonds. The second-order valence-electron chi connectivity index (χ2n) is 10.6. The lowest BCUT2D eigenvalue weighted by Crippen LogP contribution is -2.40. The van der Waals surface area contributed by atoms with Crippen LogP contribution in [0, 0.1) is 17.6 Å². The van der Waals surface area contributed by atoms with Gasteiger partial charge in [0.1, 0.15) is 27.2 Å². The van der Waals surface area contributed by atoms with Gasteiger partial charge in [-0.15, -0.1) is 5.10 Å². The van der Waals surface area contributed by atoms with Crippen LogP contribution in [-0.4, -0.2) is 50.1 Å². The number of hydrogen-bond acceptors (Lipinski definition) is 7. The molecule has 0 saturated heterocycles. The Balaban J connectivity index is 1.62. The second-order valence-corrected chi connectivity index (χ2v) is 12.8. The molecule has 0 saturated carbocycles. The van der Waals surface area contributed by atoms with Gasteiger partial charge in [0.25, 0.3) is 0 Å². The lowest BCUT2D eigenvalue weighted by molar-refractivity contribution is 0.286. The molecular formula is C28H30F2N6O2S. The van der Waals surface area contributed by atoms with E-state index in [9.17, 15) is 17.2 Å². The maximum absolute atomic E-state index is 14.6. The van der Waals surface area contributed by atoms with E-state index in [4.69, 9.17) is 4.98 Å². The van der Waals surface area contributed by atoms with Crippen LogP contribution in [0.3, 0.4) is 0 Å². The average Bonchev–Trinajstić information content (AvgIpc) is 3.36. The number of halogens is 2. The maximum atomic E-state index is 14.6. The molecule has 0 aliphatic heterocycles. The molecule has 4 aromatic rings. The molecule has 0 N–H and O–H groups in total. The van der Waals surface area contributed by atoms with E-state index in [-0.39, 0.29) is 35.4 Å². The van der Waals surface area contributed by atoms with Gasteiger partial charge in [0.05, 0.1) is 46.3 Å². The summed E-state index contributed by atoms with van der Waals surface area (Å²) in [4.78, 5) is 13.6. The zero-order valence-corrected chi connectivity index (χ0v) is 23.1. The molecule has 0 unspecified atom stereocenters. The minimum absolute atomic E-state index is 0.0300. The highest BCUT2D eigenvalue weighted by Gasteiger charge is 2.46. The Labute approximate surface area is 226 Å². The van der Waals surface area contributed by atoms with Gasteiger partial charge in [-0.2, -0.15) is 5.10 Å². The van der Waals surface area contributed by atoms with Gasteiger partial charge in [0.15, 0.2) is 5.82 Å². The number of benzene rings is 1. The monoisotopic (exact) mass is 552 g/mol. The first-order chi connectivity index (χ1) is 18.5. The van der Waals surface area contributed by atoms with Crippen LogP contribution in [0.2, 0.25) is 0 Å². The molecule has 0 radical (unpaired) electrons. The first kappa shape index (κ1) is 27.0. The van der Waals surface area contributed by atoms with E-state index in [1.165, 1.54) is 24.5 Å². The smallest absolute Gasteiger partial charge is 0.178 e. The number of nitrogens with zero attached hydrogens (tertiary/aromatic N) is 6. The van der Waals surface area contributed by atoms with E-state index >= 15 is 0 Å². The molecular weight excluding hydrogens is 522 g/mol. The Morgan fingerprint density at radius 1 is 1.15 bits per heavy atom. The van der Waals surface area contributed by atoms with Crippen LogP contribution in [0.25, 0.3) is 22.8 Å². The summed E-state index contributed by atoms with van der Waals surface area (Å²) in [5, 5.41) is 8.93. The quantitative estimate of drug-likeness (QED) is 0.319. The molecule has 39 heavy (non-hydrogen) atoms. The predicted octanol–water partition coefficient (Wildman–Crippen LogP) is 4.96. The van der Waals surface area contributed by atoms with Gasteiger partial charge in [0.2, 0.25) is 0 Å². The van der Waals surface area contributed by atoms with Crippen LogP contribution < -0.4 is 0 Å². The van der Waals surface area contributed by atoms with Crippen LogP contribution in [0.15, 0.2) is 49.1 Å². The number of imidazole rings is 1. The minimum atomic E-state index is -3.16. The first-order valence-electron chi connectivity index (χ1n) is 12.9. The second kappa shape index (κ2) is 10.2. The van der Waals surface area contributed by atoms with Crippen LogP contribution >= 0.6 is 0 Å². The van der Waals surface area contributed by atoms with Crippen LogP contribution in [0.1, 0.15) is 56.5 Å². The van der Waals surface area contributed by atoms with Crippen LogP contribution in [-0.2, 0) is 21.8 Å². The molecule has 3 aromatic heterocycles. The molecule has 0 spiro atoms. The summed E-state index contributed by atoms with van der Waals surface area (Å²) >= 11 is 0. The third kappa shape index (κ3) is 4.95. The zero-order valence-electron chi connectivity index (χ0n) is 22.3. The Bertz CT molecular complexity index is 1620. The van der Waals surface area contributed by atoms with E-state index in [0.717, 1.165) is 29.8 Å². The van der Waals surface area contributed by atoms with Crippen molar-refractivity contribution in [3.8, 4) is 22.8 Å². The summed E-state index contributed by atoms with van der Waals surface area (Å²) in [5.41, 5.74) is 2.36. The molecule has 8 nitrogen and oxygen atoms in total. The fourth-order valence-electron chi connectivity index (χ4n) is 5.50. The van der Waals surface area contributed by atoms with Crippen molar-refractivity contribution in [2.24, 2.45) is 5.92 Å². The van der Waals surface area contributed by atoms with Crippen molar-refractivity contribution < 1.29 is 17.2 Å². The molecule has 0 bridgehead atoms. The van der Waals surface area contributed by atoms with Crippen molar-refractivity contribution in [2.75, 3.05) is 12.0 Å². The Morgan fingerprint density at radius 2 is 1.90 bits per heavy atom. The Morgan fingerprint density at radius 3 is 2.59 bits per heavy atom. The highest BCUT2D eigenvalue weighted by molar-refractivity contribution is 7.90. The summed E-state index contributed by atoms with van der Waals surface area (Å²) in [6.07, 6.45) is 7.65. The van der Waals surface area contributed by atoms with Crippen molar-refractivity contribution >= 4 is 9.84 Å². The molecule has 2 atom stereocenters. The van der Waals surface area contributed by atoms with Gasteiger partial charge in [-0.1, -0.05) is 26.8 Å². The van der Waals surface area contributed by atoms with E-state index in [0.29, 0.717) is 11.5 Å². The number of aryl methyl sites for hydroxylation is 1. The number of rotatable bonds is 7. The molecule has 3 heterocycles. The highest BCUT2D eigenvalue weighted by atomic mass is 32.2. The van der Waals surface area contributed by atoms with E-state index in [1.807, 2.05) is 6.07 Å². The van der Waals surface area contributed by atoms with E-state index in [1.54, 1.807) is 29.4 Å². The standard InChI is InChI=1S/C28H30F2N6O2S/c1-17(2)28(24-9-11-32-27(33-24)23-15-31-16-36(23)12-13-39(4,37)38)10-8-18(3)19-14-22(34-35-26(19)28)25-20(29)6-5-7-21(25)30/h5-7,9,11,14-18H,8,10,12-13H2,1-4H3/t18-,28-/m0/s1. The normalized spacial score (nSPS) is 19.3. The van der Waals surface area contributed by atoms with Crippen molar-refractivity contribution in [1.29, 1.82) is 0 Å². The average molecular weight is 553 g/mol. The predicted molar refractivity (Wildman–Crippen MR) is 144 cm³/mol. The van der Waals surface area contributed by atoms with E-state index < -0.39 is 26.9 Å². The number of sulfone groups is 1. The summed E-state index contributed by atoms with van der Waals surface area (Å²) in [6, 6.07) is 7.38. The molecule has 5 rings (SSSR count). The van der Waals surface area contributed by atoms with Crippen LogP contribution in [0.4, 0.5) is 8.78 Å². The Kier molecular flexibility index (Phi) is 7.04. The van der Waals surface area contributed by atoms with Gasteiger partial charge >= 0.3 is 0 Å². The number of fused-ring (bicyclic) bond motifs is 1. The molecule has 1 aliphatic carbocycles. The number of aromatic nitrogens is 6. The first-order valence-corrected chi connectivity index (χ1v) is 14.9. The minimum Gasteiger partial charge on any atom is -0.327 e. The lowest BCUT2D eigenvalue weighted by Gasteiger charge is -2.42. The molecule has 1 aromatic carbocycles. The van der Waals surface area contributed by atoms with Gasteiger partial charge in [-0.05, 0) is 54.5 Å². The molecule has 1 aliphatic rings. The van der Waals surface area contributed by atoms with Gasteiger partial charge in [-0.25, -0.2) is 32.2 Å². The van der Waals surface area contributed by atoms with Gasteiger partial charge in [0, 0.05) is 19.0 Å². The van der Waals surface area contributed by atoms with E-state index in [2.05, 4.69) is 40.9 Å². The van der Waals surface area contributed by atoms with Crippen molar-refractivity contribution in [1.82, 2.24) is 29.7 Å². The fraction of sp³-hybridized carbons (Fsp3) is 0.393. The summed E-state index contributed by atoms with van der Waals surface area (Å²) in [6.45, 7) is 6.52. The number of hydrogen-bond donors (Lipinski definition) is 0. The fourth-order valence-corrected chi connectivity index (χ4v) is 6.03. The zero-order chi connectivity index (χ0) is 27.9. The van der Waals surface area contributed by atoms with Crippen molar-refractivity contribution in [3.05, 3.63) is 77.6 Å². The van der Waals surface area contributed by atoms with Crippen molar-refractivity contribution in [2.45, 2.75) is 51.5 Å². The topological polar surface area (TPSA) is 104 Å².